The highest BCUT2D eigenvalue weighted by molar-refractivity contribution is 5.40. The standard InChI is InChI=1S/C16H29N3/c1-4-5-6-7-8-14-15(17)19(11-12(2)3)16(18-14)13-9-10-13/h12-13H,4-11,17H2,1-3H3. The molecule has 0 atom stereocenters. The molecule has 3 nitrogen and oxygen atoms in total. The first-order valence-corrected chi connectivity index (χ1v) is 7.98. The van der Waals surface area contributed by atoms with Gasteiger partial charge in [-0.05, 0) is 31.6 Å². The minimum atomic E-state index is 0.627. The van der Waals surface area contributed by atoms with Crippen LogP contribution in [0.1, 0.15) is 76.7 Å². The number of imidazole rings is 1. The summed E-state index contributed by atoms with van der Waals surface area (Å²) < 4.78 is 2.29. The number of aryl methyl sites for hydroxylation is 1. The van der Waals surface area contributed by atoms with E-state index in [2.05, 4.69) is 25.3 Å². The zero-order valence-electron chi connectivity index (χ0n) is 12.8. The van der Waals surface area contributed by atoms with E-state index in [4.69, 9.17) is 10.7 Å². The quantitative estimate of drug-likeness (QED) is 0.717. The van der Waals surface area contributed by atoms with Gasteiger partial charge in [0.05, 0.1) is 5.69 Å². The van der Waals surface area contributed by atoms with Gasteiger partial charge in [0.15, 0.2) is 0 Å². The Hall–Kier alpha value is -0.990. The third-order valence-electron chi connectivity index (χ3n) is 3.87. The molecule has 0 saturated heterocycles. The van der Waals surface area contributed by atoms with Crippen LogP contribution in [0.5, 0.6) is 0 Å². The number of aromatic nitrogens is 2. The lowest BCUT2D eigenvalue weighted by atomic mass is 10.1. The van der Waals surface area contributed by atoms with E-state index in [1.807, 2.05) is 0 Å². The zero-order chi connectivity index (χ0) is 13.8. The van der Waals surface area contributed by atoms with E-state index >= 15 is 0 Å². The zero-order valence-corrected chi connectivity index (χ0v) is 12.8. The Morgan fingerprint density at radius 1 is 1.26 bits per heavy atom. The largest absolute Gasteiger partial charge is 0.384 e. The van der Waals surface area contributed by atoms with Crippen LogP contribution in [0.25, 0.3) is 0 Å². The molecule has 1 aliphatic carbocycles. The van der Waals surface area contributed by atoms with Gasteiger partial charge in [0, 0.05) is 12.5 Å². The van der Waals surface area contributed by atoms with E-state index in [9.17, 15) is 0 Å². The Kier molecular flexibility index (Phi) is 4.89. The topological polar surface area (TPSA) is 43.8 Å². The Balaban J connectivity index is 2.06. The summed E-state index contributed by atoms with van der Waals surface area (Å²) in [4.78, 5) is 4.86. The average Bonchev–Trinajstić information content (AvgIpc) is 3.15. The van der Waals surface area contributed by atoms with Gasteiger partial charge in [-0.15, -0.1) is 0 Å². The molecule has 1 aliphatic rings. The first-order chi connectivity index (χ1) is 9.13. The first-order valence-electron chi connectivity index (χ1n) is 7.98. The Labute approximate surface area is 117 Å². The third-order valence-corrected chi connectivity index (χ3v) is 3.87. The molecule has 1 fully saturated rings. The fourth-order valence-electron chi connectivity index (χ4n) is 2.65. The lowest BCUT2D eigenvalue weighted by Crippen LogP contribution is -2.11. The lowest BCUT2D eigenvalue weighted by Gasteiger charge is -2.11. The summed E-state index contributed by atoms with van der Waals surface area (Å²) in [5.41, 5.74) is 7.48. The first kappa shape index (κ1) is 14.4. The van der Waals surface area contributed by atoms with Gasteiger partial charge < -0.3 is 10.3 Å². The monoisotopic (exact) mass is 263 g/mol. The molecule has 1 aromatic heterocycles. The van der Waals surface area contributed by atoms with E-state index in [1.54, 1.807) is 0 Å². The SMILES string of the molecule is CCCCCCc1nc(C2CC2)n(CC(C)C)c1N. The van der Waals surface area contributed by atoms with Gasteiger partial charge in [0.25, 0.3) is 0 Å². The minimum Gasteiger partial charge on any atom is -0.384 e. The maximum absolute atomic E-state index is 6.33. The Bertz CT molecular complexity index is 402. The number of nitrogens with two attached hydrogens (primary N) is 1. The number of rotatable bonds is 8. The average molecular weight is 263 g/mol. The molecule has 3 heteroatoms. The van der Waals surface area contributed by atoms with E-state index in [0.717, 1.165) is 24.5 Å². The number of nitrogen functional groups attached to an aromatic ring is 1. The van der Waals surface area contributed by atoms with Gasteiger partial charge in [0.1, 0.15) is 11.6 Å². The van der Waals surface area contributed by atoms with Crippen molar-refractivity contribution in [1.29, 1.82) is 0 Å². The fourth-order valence-corrected chi connectivity index (χ4v) is 2.65. The molecule has 2 rings (SSSR count). The van der Waals surface area contributed by atoms with E-state index in [1.165, 1.54) is 44.3 Å². The highest BCUT2D eigenvalue weighted by Crippen LogP contribution is 2.41. The predicted molar refractivity (Wildman–Crippen MR) is 81.3 cm³/mol. The van der Waals surface area contributed by atoms with Gasteiger partial charge in [-0.2, -0.15) is 0 Å². The van der Waals surface area contributed by atoms with Gasteiger partial charge >= 0.3 is 0 Å². The second kappa shape index (κ2) is 6.44. The number of unbranched alkanes of at least 4 members (excludes halogenated alkanes) is 3. The van der Waals surface area contributed by atoms with Gasteiger partial charge in [-0.1, -0.05) is 40.0 Å². The molecule has 19 heavy (non-hydrogen) atoms. The van der Waals surface area contributed by atoms with E-state index in [-0.39, 0.29) is 0 Å². The summed E-state index contributed by atoms with van der Waals surface area (Å²) in [5, 5.41) is 0. The van der Waals surface area contributed by atoms with Crippen molar-refractivity contribution in [3.05, 3.63) is 11.5 Å². The maximum Gasteiger partial charge on any atom is 0.126 e. The van der Waals surface area contributed by atoms with Crippen LogP contribution < -0.4 is 5.73 Å². The number of anilines is 1. The highest BCUT2D eigenvalue weighted by Gasteiger charge is 2.30. The fraction of sp³-hybridized carbons (Fsp3) is 0.812. The maximum atomic E-state index is 6.33. The Morgan fingerprint density at radius 2 is 2.00 bits per heavy atom. The van der Waals surface area contributed by atoms with Crippen LogP contribution in [0.3, 0.4) is 0 Å². The van der Waals surface area contributed by atoms with Gasteiger partial charge in [-0.3, -0.25) is 0 Å². The molecule has 0 aliphatic heterocycles. The van der Waals surface area contributed by atoms with Gasteiger partial charge in [-0.25, -0.2) is 4.98 Å². The van der Waals surface area contributed by atoms with Crippen molar-refractivity contribution in [3.8, 4) is 0 Å². The molecule has 0 amide bonds. The van der Waals surface area contributed by atoms with Crippen LogP contribution in [-0.4, -0.2) is 9.55 Å². The normalized spacial score (nSPS) is 15.4. The number of hydrogen-bond donors (Lipinski definition) is 1. The summed E-state index contributed by atoms with van der Waals surface area (Å²) in [7, 11) is 0. The van der Waals surface area contributed by atoms with Gasteiger partial charge in [0.2, 0.25) is 0 Å². The van der Waals surface area contributed by atoms with Crippen molar-refractivity contribution in [2.75, 3.05) is 5.73 Å². The van der Waals surface area contributed by atoms with Crippen molar-refractivity contribution >= 4 is 5.82 Å². The molecule has 108 valence electrons. The number of hydrogen-bond acceptors (Lipinski definition) is 2. The molecule has 1 saturated carbocycles. The van der Waals surface area contributed by atoms with Crippen molar-refractivity contribution in [1.82, 2.24) is 9.55 Å². The van der Waals surface area contributed by atoms with Crippen LogP contribution in [0.15, 0.2) is 0 Å². The van der Waals surface area contributed by atoms with Crippen molar-refractivity contribution in [2.45, 2.75) is 78.2 Å². The smallest absolute Gasteiger partial charge is 0.126 e. The molecule has 0 aromatic carbocycles. The van der Waals surface area contributed by atoms with Crippen LogP contribution in [0.4, 0.5) is 5.82 Å². The van der Waals surface area contributed by atoms with Crippen molar-refractivity contribution < 1.29 is 0 Å². The van der Waals surface area contributed by atoms with Crippen molar-refractivity contribution in [3.63, 3.8) is 0 Å². The summed E-state index contributed by atoms with van der Waals surface area (Å²) in [6.07, 6.45) is 8.77. The van der Waals surface area contributed by atoms with Crippen LogP contribution >= 0.6 is 0 Å². The second-order valence-corrected chi connectivity index (χ2v) is 6.39. The summed E-state index contributed by atoms with van der Waals surface area (Å²) >= 11 is 0. The summed E-state index contributed by atoms with van der Waals surface area (Å²) in [5.74, 6) is 3.51. The molecular formula is C16H29N3. The predicted octanol–water partition coefficient (Wildman–Crippen LogP) is 4.12. The molecule has 0 spiro atoms. The molecule has 0 radical (unpaired) electrons. The molecule has 0 unspecified atom stereocenters. The van der Waals surface area contributed by atoms with Crippen LogP contribution in [0, 0.1) is 5.92 Å². The van der Waals surface area contributed by atoms with E-state index in [0.29, 0.717) is 11.8 Å². The third kappa shape index (κ3) is 3.74. The molecule has 0 bridgehead atoms. The molecule has 1 heterocycles. The summed E-state index contributed by atoms with van der Waals surface area (Å²) in [6, 6.07) is 0. The van der Waals surface area contributed by atoms with Crippen molar-refractivity contribution in [2.24, 2.45) is 5.92 Å². The van der Waals surface area contributed by atoms with Crippen LogP contribution in [-0.2, 0) is 13.0 Å². The second-order valence-electron chi connectivity index (χ2n) is 6.39. The van der Waals surface area contributed by atoms with Crippen LogP contribution in [0.2, 0.25) is 0 Å². The minimum absolute atomic E-state index is 0.627. The summed E-state index contributed by atoms with van der Waals surface area (Å²) in [6.45, 7) is 7.75. The molecule has 2 N–H and O–H groups in total. The van der Waals surface area contributed by atoms with E-state index < -0.39 is 0 Å². The highest BCUT2D eigenvalue weighted by atomic mass is 15.2. The molecular weight excluding hydrogens is 234 g/mol. The number of nitrogens with zero attached hydrogens (tertiary/aromatic N) is 2. The Morgan fingerprint density at radius 3 is 2.58 bits per heavy atom. The lowest BCUT2D eigenvalue weighted by molar-refractivity contribution is 0.511. The molecule has 1 aromatic rings.